The van der Waals surface area contributed by atoms with E-state index in [2.05, 4.69) is 45.3 Å². The van der Waals surface area contributed by atoms with E-state index in [1.54, 1.807) is 0 Å². The van der Waals surface area contributed by atoms with Crippen molar-refractivity contribution in [2.75, 3.05) is 19.6 Å². The summed E-state index contributed by atoms with van der Waals surface area (Å²) in [5.74, 6) is 0.728. The van der Waals surface area contributed by atoms with Gasteiger partial charge in [-0.3, -0.25) is 14.9 Å². The number of hydrogen-bond acceptors (Lipinski definition) is 4. The maximum Gasteiger partial charge on any atom is 0.0541 e. The lowest BCUT2D eigenvalue weighted by molar-refractivity contribution is 0.165. The molecule has 0 amide bonds. The van der Waals surface area contributed by atoms with Crippen molar-refractivity contribution in [3.8, 4) is 0 Å². The molecule has 1 aliphatic heterocycles. The van der Waals surface area contributed by atoms with Gasteiger partial charge in [-0.15, -0.1) is 0 Å². The molecule has 1 N–H and O–H groups in total. The quantitative estimate of drug-likeness (QED) is 0.891. The normalized spacial score (nSPS) is 18.9. The first kappa shape index (κ1) is 16.1. The molecular weight excluding hydrogens is 284 g/mol. The molecule has 4 nitrogen and oxygen atoms in total. The molecule has 3 rings (SSSR count). The summed E-state index contributed by atoms with van der Waals surface area (Å²) >= 11 is 0. The average molecular weight is 310 g/mol. The first-order valence-electron chi connectivity index (χ1n) is 8.53. The number of piperidine rings is 1. The molecule has 1 atom stereocenters. The van der Waals surface area contributed by atoms with Crippen LogP contribution < -0.4 is 5.32 Å². The molecule has 0 aliphatic carbocycles. The van der Waals surface area contributed by atoms with Crippen molar-refractivity contribution in [2.45, 2.75) is 32.9 Å². The second-order valence-corrected chi connectivity index (χ2v) is 6.56. The summed E-state index contributed by atoms with van der Waals surface area (Å²) < 4.78 is 0. The molecule has 4 heteroatoms. The van der Waals surface area contributed by atoms with Crippen LogP contribution in [0.15, 0.2) is 42.9 Å². The van der Waals surface area contributed by atoms with Crippen LogP contribution in [0.25, 0.3) is 0 Å². The van der Waals surface area contributed by atoms with Crippen LogP contribution in [0.2, 0.25) is 0 Å². The number of rotatable bonds is 6. The Hall–Kier alpha value is -1.78. The number of aromatic nitrogens is 2. The molecule has 3 heterocycles. The van der Waals surface area contributed by atoms with E-state index in [0.29, 0.717) is 0 Å². The van der Waals surface area contributed by atoms with E-state index in [1.807, 2.05) is 24.7 Å². The van der Waals surface area contributed by atoms with Crippen molar-refractivity contribution < 1.29 is 0 Å². The van der Waals surface area contributed by atoms with Crippen molar-refractivity contribution >= 4 is 0 Å². The van der Waals surface area contributed by atoms with E-state index < -0.39 is 0 Å². The fourth-order valence-corrected chi connectivity index (χ4v) is 3.22. The highest BCUT2D eigenvalue weighted by Gasteiger charge is 2.19. The molecular formula is C19H26N4. The monoisotopic (exact) mass is 310 g/mol. The maximum atomic E-state index is 4.45. The molecule has 1 aliphatic rings. The Bertz CT molecular complexity index is 582. The third kappa shape index (κ3) is 5.12. The van der Waals surface area contributed by atoms with Crippen LogP contribution in [0, 0.1) is 12.8 Å². The third-order valence-electron chi connectivity index (χ3n) is 4.44. The largest absolute Gasteiger partial charge is 0.311 e. The zero-order chi connectivity index (χ0) is 15.9. The van der Waals surface area contributed by atoms with Gasteiger partial charge < -0.3 is 5.32 Å². The zero-order valence-corrected chi connectivity index (χ0v) is 13.9. The Morgan fingerprint density at radius 2 is 2.22 bits per heavy atom. The van der Waals surface area contributed by atoms with E-state index in [4.69, 9.17) is 0 Å². The van der Waals surface area contributed by atoms with Gasteiger partial charge >= 0.3 is 0 Å². The predicted molar refractivity (Wildman–Crippen MR) is 92.9 cm³/mol. The number of aryl methyl sites for hydroxylation is 1. The number of pyridine rings is 2. The number of nitrogens with zero attached hydrogens (tertiary/aromatic N) is 3. The summed E-state index contributed by atoms with van der Waals surface area (Å²) in [5.41, 5.74) is 3.65. The first-order valence-corrected chi connectivity index (χ1v) is 8.53. The van der Waals surface area contributed by atoms with Crippen molar-refractivity contribution in [3.63, 3.8) is 0 Å². The number of nitrogens with one attached hydrogen (secondary N) is 1. The van der Waals surface area contributed by atoms with Gasteiger partial charge in [-0.2, -0.15) is 0 Å². The van der Waals surface area contributed by atoms with Crippen LogP contribution in [0.5, 0.6) is 0 Å². The van der Waals surface area contributed by atoms with Gasteiger partial charge in [-0.25, -0.2) is 0 Å². The van der Waals surface area contributed by atoms with Crippen LogP contribution in [0.4, 0.5) is 0 Å². The summed E-state index contributed by atoms with van der Waals surface area (Å²) in [7, 11) is 0. The van der Waals surface area contributed by atoms with E-state index >= 15 is 0 Å². The van der Waals surface area contributed by atoms with Crippen molar-refractivity contribution in [1.82, 2.24) is 20.2 Å². The van der Waals surface area contributed by atoms with Crippen LogP contribution >= 0.6 is 0 Å². The van der Waals surface area contributed by atoms with Crippen LogP contribution in [-0.2, 0) is 13.1 Å². The molecule has 1 saturated heterocycles. The lowest BCUT2D eigenvalue weighted by atomic mass is 9.97. The summed E-state index contributed by atoms with van der Waals surface area (Å²) in [6, 6.07) is 8.42. The fraction of sp³-hybridized carbons (Fsp3) is 0.474. The first-order chi connectivity index (χ1) is 11.3. The Labute approximate surface area is 139 Å². The molecule has 0 saturated carbocycles. The predicted octanol–water partition coefficient (Wildman–Crippen LogP) is 2.79. The second-order valence-electron chi connectivity index (χ2n) is 6.56. The smallest absolute Gasteiger partial charge is 0.0541 e. The Morgan fingerprint density at radius 3 is 3.00 bits per heavy atom. The molecule has 0 aromatic carbocycles. The van der Waals surface area contributed by atoms with E-state index in [-0.39, 0.29) is 0 Å². The van der Waals surface area contributed by atoms with Gasteiger partial charge in [0.2, 0.25) is 0 Å². The summed E-state index contributed by atoms with van der Waals surface area (Å²) in [6.07, 6.45) is 8.36. The average Bonchev–Trinajstić information content (AvgIpc) is 2.58. The highest BCUT2D eigenvalue weighted by molar-refractivity contribution is 5.12. The van der Waals surface area contributed by atoms with E-state index in [0.717, 1.165) is 31.2 Å². The minimum Gasteiger partial charge on any atom is -0.311 e. The summed E-state index contributed by atoms with van der Waals surface area (Å²) in [5, 5.41) is 3.57. The minimum atomic E-state index is 0.728. The van der Waals surface area contributed by atoms with Crippen LogP contribution in [0.3, 0.4) is 0 Å². The fourth-order valence-electron chi connectivity index (χ4n) is 3.22. The van der Waals surface area contributed by atoms with Gasteiger partial charge in [0.1, 0.15) is 0 Å². The SMILES string of the molecule is Cc1ccc(CNC[C@H]2CCCN(Cc3cccnc3)C2)nc1. The van der Waals surface area contributed by atoms with E-state index in [1.165, 1.54) is 37.1 Å². The molecule has 122 valence electrons. The van der Waals surface area contributed by atoms with Gasteiger partial charge in [0, 0.05) is 38.2 Å². The zero-order valence-electron chi connectivity index (χ0n) is 13.9. The van der Waals surface area contributed by atoms with Gasteiger partial charge in [0.15, 0.2) is 0 Å². The Morgan fingerprint density at radius 1 is 1.26 bits per heavy atom. The molecule has 0 spiro atoms. The highest BCUT2D eigenvalue weighted by Crippen LogP contribution is 2.18. The lowest BCUT2D eigenvalue weighted by Crippen LogP contribution is -2.39. The topological polar surface area (TPSA) is 41.0 Å². The second kappa shape index (κ2) is 8.18. The molecule has 2 aromatic heterocycles. The third-order valence-corrected chi connectivity index (χ3v) is 4.44. The molecule has 2 aromatic rings. The van der Waals surface area contributed by atoms with Crippen LogP contribution in [0.1, 0.15) is 29.7 Å². The minimum absolute atomic E-state index is 0.728. The van der Waals surface area contributed by atoms with Gasteiger partial charge in [-0.1, -0.05) is 12.1 Å². The van der Waals surface area contributed by atoms with E-state index in [9.17, 15) is 0 Å². The van der Waals surface area contributed by atoms with Crippen molar-refractivity contribution in [2.24, 2.45) is 5.92 Å². The molecule has 1 fully saturated rings. The Balaban J connectivity index is 1.42. The molecule has 23 heavy (non-hydrogen) atoms. The molecule has 0 bridgehead atoms. The molecule has 0 radical (unpaired) electrons. The lowest BCUT2D eigenvalue weighted by Gasteiger charge is -2.32. The molecule has 0 unspecified atom stereocenters. The highest BCUT2D eigenvalue weighted by atomic mass is 15.1. The summed E-state index contributed by atoms with van der Waals surface area (Å²) in [4.78, 5) is 11.2. The van der Waals surface area contributed by atoms with Crippen molar-refractivity contribution in [1.29, 1.82) is 0 Å². The van der Waals surface area contributed by atoms with Gasteiger partial charge in [0.05, 0.1) is 5.69 Å². The van der Waals surface area contributed by atoms with Crippen LogP contribution in [-0.4, -0.2) is 34.5 Å². The summed E-state index contributed by atoms with van der Waals surface area (Å²) in [6.45, 7) is 7.39. The van der Waals surface area contributed by atoms with Gasteiger partial charge in [-0.05, 0) is 62.0 Å². The number of hydrogen-bond donors (Lipinski definition) is 1. The van der Waals surface area contributed by atoms with Crippen molar-refractivity contribution in [3.05, 3.63) is 59.7 Å². The maximum absolute atomic E-state index is 4.45. The van der Waals surface area contributed by atoms with Gasteiger partial charge in [0.25, 0.3) is 0 Å². The standard InChI is InChI=1S/C19H26N4/c1-16-6-7-19(22-10-16)13-21-12-18-5-3-9-23(15-18)14-17-4-2-8-20-11-17/h2,4,6-8,10-11,18,21H,3,5,9,12-15H2,1H3/t18-/m1/s1. The number of likely N-dealkylation sites (tertiary alicyclic amines) is 1. The Kier molecular flexibility index (Phi) is 5.72.